The Kier molecular flexibility index (Phi) is 6.58. The van der Waals surface area contributed by atoms with Crippen molar-refractivity contribution in [2.45, 2.75) is 57.1 Å². The van der Waals surface area contributed by atoms with Crippen molar-refractivity contribution in [2.24, 2.45) is 0 Å². The van der Waals surface area contributed by atoms with Gasteiger partial charge >= 0.3 is 0 Å². The third kappa shape index (κ3) is 4.85. The number of halogens is 1. The van der Waals surface area contributed by atoms with E-state index in [1.54, 1.807) is 6.92 Å². The summed E-state index contributed by atoms with van der Waals surface area (Å²) in [7, 11) is -3.90. The quantitative estimate of drug-likeness (QED) is 0.725. The lowest BCUT2D eigenvalue weighted by atomic mass is 10.1. The zero-order valence-electron chi connectivity index (χ0n) is 11.9. The molecule has 1 rings (SSSR count). The van der Waals surface area contributed by atoms with Gasteiger partial charge in [0.25, 0.3) is 0 Å². The van der Waals surface area contributed by atoms with Crippen molar-refractivity contribution in [3.8, 4) is 0 Å². The van der Waals surface area contributed by atoms with E-state index in [2.05, 4.69) is 11.6 Å². The Labute approximate surface area is 120 Å². The number of aliphatic hydroxyl groups is 1. The van der Waals surface area contributed by atoms with E-state index in [1.807, 2.05) is 0 Å². The number of benzene rings is 1. The molecule has 4 nitrogen and oxygen atoms in total. The van der Waals surface area contributed by atoms with Gasteiger partial charge in [0.15, 0.2) is 0 Å². The number of sulfonamides is 1. The van der Waals surface area contributed by atoms with Crippen molar-refractivity contribution < 1.29 is 17.9 Å². The zero-order chi connectivity index (χ0) is 15.2. The van der Waals surface area contributed by atoms with E-state index < -0.39 is 20.7 Å². The van der Waals surface area contributed by atoms with E-state index in [1.165, 1.54) is 6.07 Å². The minimum absolute atomic E-state index is 0.247. The smallest absolute Gasteiger partial charge is 0.243 e. The molecule has 0 aliphatic rings. The van der Waals surface area contributed by atoms with Crippen LogP contribution in [0.5, 0.6) is 0 Å². The molecule has 0 fully saturated rings. The maximum atomic E-state index is 13.7. The van der Waals surface area contributed by atoms with E-state index in [-0.39, 0.29) is 12.6 Å². The summed E-state index contributed by atoms with van der Waals surface area (Å²) in [5, 5.41) is 9.01. The van der Waals surface area contributed by atoms with Gasteiger partial charge in [-0.1, -0.05) is 32.3 Å². The van der Waals surface area contributed by atoms with Crippen LogP contribution in [-0.2, 0) is 16.6 Å². The summed E-state index contributed by atoms with van der Waals surface area (Å²) < 4.78 is 40.4. The van der Waals surface area contributed by atoms with Gasteiger partial charge in [0.05, 0.1) is 6.61 Å². The number of aliphatic hydroxyl groups excluding tert-OH is 1. The Hall–Kier alpha value is -0.980. The molecule has 20 heavy (non-hydrogen) atoms. The minimum atomic E-state index is -3.90. The molecular weight excluding hydrogens is 281 g/mol. The average molecular weight is 303 g/mol. The highest BCUT2D eigenvalue weighted by molar-refractivity contribution is 7.89. The molecule has 0 bridgehead atoms. The van der Waals surface area contributed by atoms with Crippen LogP contribution in [0.1, 0.15) is 45.1 Å². The Balaban J connectivity index is 2.83. The normalized spacial score (nSPS) is 13.4. The highest BCUT2D eigenvalue weighted by atomic mass is 32.2. The molecule has 114 valence electrons. The lowest BCUT2D eigenvalue weighted by Gasteiger charge is -2.15. The molecule has 0 radical (unpaired) electrons. The minimum Gasteiger partial charge on any atom is -0.392 e. The lowest BCUT2D eigenvalue weighted by molar-refractivity contribution is 0.281. The van der Waals surface area contributed by atoms with Gasteiger partial charge in [-0.25, -0.2) is 17.5 Å². The number of hydrogen-bond donors (Lipinski definition) is 2. The predicted octanol–water partition coefficient (Wildman–Crippen LogP) is 2.57. The van der Waals surface area contributed by atoms with Crippen LogP contribution in [0, 0.1) is 5.82 Å². The van der Waals surface area contributed by atoms with Gasteiger partial charge in [0.1, 0.15) is 10.7 Å². The van der Waals surface area contributed by atoms with E-state index in [9.17, 15) is 12.8 Å². The van der Waals surface area contributed by atoms with Gasteiger partial charge in [-0.2, -0.15) is 0 Å². The SMILES string of the molecule is CCCCCC(C)NS(=O)(=O)c1cc(CO)ccc1F. The molecule has 6 heteroatoms. The first-order valence-corrected chi connectivity index (χ1v) is 8.30. The van der Waals surface area contributed by atoms with Crippen LogP contribution in [0.25, 0.3) is 0 Å². The van der Waals surface area contributed by atoms with Crippen molar-refractivity contribution in [1.29, 1.82) is 0 Å². The van der Waals surface area contributed by atoms with Crippen molar-refractivity contribution in [1.82, 2.24) is 4.72 Å². The summed E-state index contributed by atoms with van der Waals surface area (Å²) in [4.78, 5) is -0.411. The maximum Gasteiger partial charge on any atom is 0.243 e. The van der Waals surface area contributed by atoms with E-state index in [0.29, 0.717) is 12.0 Å². The molecule has 0 amide bonds. The van der Waals surface area contributed by atoms with Crippen LogP contribution in [0.4, 0.5) is 4.39 Å². The average Bonchev–Trinajstić information content (AvgIpc) is 2.38. The summed E-state index contributed by atoms with van der Waals surface area (Å²) in [6.45, 7) is 3.51. The number of hydrogen-bond acceptors (Lipinski definition) is 3. The van der Waals surface area contributed by atoms with Crippen LogP contribution in [0.3, 0.4) is 0 Å². The standard InChI is InChI=1S/C14H22FNO3S/c1-3-4-5-6-11(2)16-20(18,19)14-9-12(10-17)7-8-13(14)15/h7-9,11,16-17H,3-6,10H2,1-2H3. The van der Waals surface area contributed by atoms with Crippen LogP contribution in [0.15, 0.2) is 23.1 Å². The number of nitrogens with one attached hydrogen (secondary N) is 1. The van der Waals surface area contributed by atoms with E-state index in [0.717, 1.165) is 31.4 Å². The second-order valence-electron chi connectivity index (χ2n) is 4.94. The third-order valence-corrected chi connectivity index (χ3v) is 4.67. The Morgan fingerprint density at radius 2 is 2.05 bits per heavy atom. The molecule has 0 saturated carbocycles. The number of unbranched alkanes of at least 4 members (excludes halogenated alkanes) is 2. The second-order valence-corrected chi connectivity index (χ2v) is 6.62. The van der Waals surface area contributed by atoms with Crippen molar-refractivity contribution in [3.05, 3.63) is 29.6 Å². The van der Waals surface area contributed by atoms with Crippen LogP contribution in [0.2, 0.25) is 0 Å². The molecule has 1 atom stereocenters. The summed E-state index contributed by atoms with van der Waals surface area (Å²) >= 11 is 0. The molecule has 1 unspecified atom stereocenters. The molecular formula is C14H22FNO3S. The Morgan fingerprint density at radius 3 is 2.65 bits per heavy atom. The van der Waals surface area contributed by atoms with Crippen LogP contribution < -0.4 is 4.72 Å². The van der Waals surface area contributed by atoms with Crippen molar-refractivity contribution in [3.63, 3.8) is 0 Å². The summed E-state index contributed by atoms with van der Waals surface area (Å²) in [5.41, 5.74) is 0.366. The number of rotatable bonds is 8. The van der Waals surface area contributed by atoms with Crippen molar-refractivity contribution >= 4 is 10.0 Å². The van der Waals surface area contributed by atoms with E-state index >= 15 is 0 Å². The monoisotopic (exact) mass is 303 g/mol. The first kappa shape index (κ1) is 17.1. The molecule has 0 saturated heterocycles. The second kappa shape index (κ2) is 7.71. The van der Waals surface area contributed by atoms with Crippen LogP contribution >= 0.6 is 0 Å². The van der Waals surface area contributed by atoms with Gasteiger partial charge < -0.3 is 5.11 Å². The summed E-state index contributed by atoms with van der Waals surface area (Å²) in [6, 6.07) is 3.33. The Morgan fingerprint density at radius 1 is 1.35 bits per heavy atom. The molecule has 0 spiro atoms. The van der Waals surface area contributed by atoms with Gasteiger partial charge in [-0.15, -0.1) is 0 Å². The van der Waals surface area contributed by atoms with Gasteiger partial charge in [-0.3, -0.25) is 0 Å². The molecule has 0 aliphatic carbocycles. The lowest BCUT2D eigenvalue weighted by Crippen LogP contribution is -2.33. The summed E-state index contributed by atoms with van der Waals surface area (Å²) in [5.74, 6) is -0.810. The maximum absolute atomic E-state index is 13.7. The largest absolute Gasteiger partial charge is 0.392 e. The van der Waals surface area contributed by atoms with Gasteiger partial charge in [0.2, 0.25) is 10.0 Å². The topological polar surface area (TPSA) is 66.4 Å². The predicted molar refractivity (Wildman–Crippen MR) is 76.2 cm³/mol. The highest BCUT2D eigenvalue weighted by Crippen LogP contribution is 2.17. The Bertz CT molecular complexity index is 531. The zero-order valence-corrected chi connectivity index (χ0v) is 12.7. The molecule has 1 aromatic carbocycles. The molecule has 0 heterocycles. The molecule has 0 aromatic heterocycles. The van der Waals surface area contributed by atoms with Crippen molar-refractivity contribution in [2.75, 3.05) is 0 Å². The fourth-order valence-electron chi connectivity index (χ4n) is 1.94. The highest BCUT2D eigenvalue weighted by Gasteiger charge is 2.21. The first-order valence-electron chi connectivity index (χ1n) is 6.82. The summed E-state index contributed by atoms with van der Waals surface area (Å²) in [6.07, 6.45) is 3.75. The molecule has 2 N–H and O–H groups in total. The fourth-order valence-corrected chi connectivity index (χ4v) is 3.35. The van der Waals surface area contributed by atoms with E-state index in [4.69, 9.17) is 5.11 Å². The molecule has 0 aliphatic heterocycles. The van der Waals surface area contributed by atoms with Gasteiger partial charge in [-0.05, 0) is 31.0 Å². The fraction of sp³-hybridized carbons (Fsp3) is 0.571. The first-order chi connectivity index (χ1) is 9.40. The molecule has 1 aromatic rings. The van der Waals surface area contributed by atoms with Gasteiger partial charge in [0, 0.05) is 6.04 Å². The third-order valence-electron chi connectivity index (χ3n) is 3.06. The van der Waals surface area contributed by atoms with Crippen LogP contribution in [-0.4, -0.2) is 19.6 Å².